The van der Waals surface area contributed by atoms with Crippen molar-refractivity contribution in [1.82, 2.24) is 5.32 Å². The molecule has 6 nitrogen and oxygen atoms in total. The summed E-state index contributed by atoms with van der Waals surface area (Å²) in [5.74, 6) is -1.20. The first-order valence-electron chi connectivity index (χ1n) is 6.17. The maximum absolute atomic E-state index is 12.3. The Morgan fingerprint density at radius 1 is 1.15 bits per heavy atom. The largest absolute Gasteiger partial charge is 0.496 e. The number of carbonyl (C=O) groups excluding carboxylic acids is 1. The summed E-state index contributed by atoms with van der Waals surface area (Å²) in [6.07, 6.45) is 0. The lowest BCUT2D eigenvalue weighted by molar-refractivity contribution is -0.140. The van der Waals surface area contributed by atoms with E-state index in [1.807, 2.05) is 0 Å². The fourth-order valence-corrected chi connectivity index (χ4v) is 1.80. The minimum absolute atomic E-state index is 0.185. The van der Waals surface area contributed by atoms with E-state index in [0.717, 1.165) is 0 Å². The first-order chi connectivity index (χ1) is 9.42. The number of hydrogen-bond donors (Lipinski definition) is 2. The van der Waals surface area contributed by atoms with Gasteiger partial charge in [0.05, 0.1) is 14.2 Å². The molecule has 1 aromatic carbocycles. The summed E-state index contributed by atoms with van der Waals surface area (Å²) >= 11 is 0. The molecule has 0 aromatic heterocycles. The zero-order valence-electron chi connectivity index (χ0n) is 12.0. The number of carbonyl (C=O) groups is 2. The Hall–Kier alpha value is -2.24. The molecular formula is C14H19NO5. The smallest absolute Gasteiger partial charge is 0.326 e. The van der Waals surface area contributed by atoms with Crippen LogP contribution in [0.5, 0.6) is 11.5 Å². The Morgan fingerprint density at radius 2 is 1.65 bits per heavy atom. The predicted molar refractivity (Wildman–Crippen MR) is 73.3 cm³/mol. The third-order valence-electron chi connectivity index (χ3n) is 2.87. The van der Waals surface area contributed by atoms with E-state index in [2.05, 4.69) is 5.32 Å². The van der Waals surface area contributed by atoms with Gasteiger partial charge in [0, 0.05) is 0 Å². The summed E-state index contributed by atoms with van der Waals surface area (Å²) in [6, 6.07) is 3.94. The van der Waals surface area contributed by atoms with Gasteiger partial charge in [-0.05, 0) is 18.1 Å². The van der Waals surface area contributed by atoms with Crippen LogP contribution in [0, 0.1) is 5.92 Å². The Morgan fingerprint density at radius 3 is 2.00 bits per heavy atom. The summed E-state index contributed by atoms with van der Waals surface area (Å²) in [5, 5.41) is 11.6. The lowest BCUT2D eigenvalue weighted by Crippen LogP contribution is -2.44. The van der Waals surface area contributed by atoms with Gasteiger partial charge in [-0.25, -0.2) is 4.79 Å². The van der Waals surface area contributed by atoms with Crippen LogP contribution in [0.15, 0.2) is 18.2 Å². The maximum atomic E-state index is 12.3. The van der Waals surface area contributed by atoms with Gasteiger partial charge < -0.3 is 19.9 Å². The van der Waals surface area contributed by atoms with Gasteiger partial charge in [-0.3, -0.25) is 4.79 Å². The number of carboxylic acid groups (broad SMARTS) is 1. The number of aliphatic carboxylic acids is 1. The van der Waals surface area contributed by atoms with E-state index in [1.54, 1.807) is 32.0 Å². The highest BCUT2D eigenvalue weighted by Gasteiger charge is 2.27. The van der Waals surface area contributed by atoms with Crippen molar-refractivity contribution in [2.45, 2.75) is 19.9 Å². The summed E-state index contributed by atoms with van der Waals surface area (Å²) < 4.78 is 10.2. The van der Waals surface area contributed by atoms with Crippen LogP contribution < -0.4 is 14.8 Å². The van der Waals surface area contributed by atoms with Gasteiger partial charge in [0.1, 0.15) is 23.1 Å². The van der Waals surface area contributed by atoms with Crippen molar-refractivity contribution >= 4 is 11.9 Å². The van der Waals surface area contributed by atoms with Crippen LogP contribution in [0.25, 0.3) is 0 Å². The summed E-state index contributed by atoms with van der Waals surface area (Å²) in [5.41, 5.74) is 0.185. The molecule has 110 valence electrons. The lowest BCUT2D eigenvalue weighted by atomic mass is 10.0. The van der Waals surface area contributed by atoms with Crippen LogP contribution >= 0.6 is 0 Å². The molecule has 1 unspecified atom stereocenters. The molecule has 1 atom stereocenters. The van der Waals surface area contributed by atoms with Crippen molar-refractivity contribution in [2.24, 2.45) is 5.92 Å². The first kappa shape index (κ1) is 15.8. The molecule has 6 heteroatoms. The molecule has 1 aromatic rings. The molecule has 1 rings (SSSR count). The van der Waals surface area contributed by atoms with Gasteiger partial charge in [-0.1, -0.05) is 19.9 Å². The molecule has 0 spiro atoms. The highest BCUT2D eigenvalue weighted by atomic mass is 16.5. The number of rotatable bonds is 6. The quantitative estimate of drug-likeness (QED) is 0.826. The molecular weight excluding hydrogens is 262 g/mol. The van der Waals surface area contributed by atoms with Crippen molar-refractivity contribution in [3.8, 4) is 11.5 Å². The summed E-state index contributed by atoms with van der Waals surface area (Å²) in [4.78, 5) is 23.4. The van der Waals surface area contributed by atoms with E-state index >= 15 is 0 Å². The van der Waals surface area contributed by atoms with Crippen molar-refractivity contribution in [1.29, 1.82) is 0 Å². The van der Waals surface area contributed by atoms with Crippen molar-refractivity contribution in [2.75, 3.05) is 14.2 Å². The Bertz CT molecular complexity index is 476. The monoisotopic (exact) mass is 281 g/mol. The molecule has 0 saturated heterocycles. The molecule has 1 amide bonds. The molecule has 0 aliphatic rings. The topological polar surface area (TPSA) is 84.9 Å². The predicted octanol–water partition coefficient (Wildman–Crippen LogP) is 1.54. The molecule has 0 bridgehead atoms. The SMILES string of the molecule is COc1cccc(OC)c1C(=O)NC(C(=O)O)C(C)C. The number of carboxylic acids is 1. The number of benzene rings is 1. The van der Waals surface area contributed by atoms with Gasteiger partial charge in [-0.2, -0.15) is 0 Å². The van der Waals surface area contributed by atoms with E-state index in [9.17, 15) is 9.59 Å². The first-order valence-corrected chi connectivity index (χ1v) is 6.17. The molecule has 2 N–H and O–H groups in total. The van der Waals surface area contributed by atoms with E-state index in [1.165, 1.54) is 14.2 Å². The van der Waals surface area contributed by atoms with E-state index < -0.39 is 17.9 Å². The molecule has 0 saturated carbocycles. The Balaban J connectivity index is 3.11. The number of methoxy groups -OCH3 is 2. The van der Waals surface area contributed by atoms with Gasteiger partial charge in [0.15, 0.2) is 0 Å². The summed E-state index contributed by atoms with van der Waals surface area (Å²) in [7, 11) is 2.87. The van der Waals surface area contributed by atoms with E-state index in [-0.39, 0.29) is 11.5 Å². The van der Waals surface area contributed by atoms with Crippen LogP contribution in [0.2, 0.25) is 0 Å². The summed E-state index contributed by atoms with van der Waals surface area (Å²) in [6.45, 7) is 3.44. The van der Waals surface area contributed by atoms with Gasteiger partial charge in [0.25, 0.3) is 5.91 Å². The number of hydrogen-bond acceptors (Lipinski definition) is 4. The van der Waals surface area contributed by atoms with Crippen LogP contribution in [0.3, 0.4) is 0 Å². The Labute approximate surface area is 117 Å². The van der Waals surface area contributed by atoms with Crippen molar-refractivity contribution < 1.29 is 24.2 Å². The van der Waals surface area contributed by atoms with Gasteiger partial charge in [-0.15, -0.1) is 0 Å². The van der Waals surface area contributed by atoms with E-state index in [4.69, 9.17) is 14.6 Å². The number of nitrogens with one attached hydrogen (secondary N) is 1. The van der Waals surface area contributed by atoms with Gasteiger partial charge >= 0.3 is 5.97 Å². The normalized spacial score (nSPS) is 11.8. The minimum atomic E-state index is -1.08. The zero-order chi connectivity index (χ0) is 15.3. The van der Waals surface area contributed by atoms with Crippen LogP contribution in [-0.4, -0.2) is 37.2 Å². The van der Waals surface area contributed by atoms with Crippen molar-refractivity contribution in [3.05, 3.63) is 23.8 Å². The second kappa shape index (κ2) is 6.79. The molecule has 0 radical (unpaired) electrons. The second-order valence-corrected chi connectivity index (χ2v) is 4.57. The van der Waals surface area contributed by atoms with Crippen LogP contribution in [-0.2, 0) is 4.79 Å². The molecule has 0 fully saturated rings. The maximum Gasteiger partial charge on any atom is 0.326 e. The third-order valence-corrected chi connectivity index (χ3v) is 2.87. The molecule has 0 aliphatic carbocycles. The Kier molecular flexibility index (Phi) is 5.37. The molecule has 20 heavy (non-hydrogen) atoms. The molecule has 0 aliphatic heterocycles. The van der Waals surface area contributed by atoms with E-state index in [0.29, 0.717) is 11.5 Å². The van der Waals surface area contributed by atoms with Crippen LogP contribution in [0.4, 0.5) is 0 Å². The van der Waals surface area contributed by atoms with Crippen LogP contribution in [0.1, 0.15) is 24.2 Å². The number of amides is 1. The highest BCUT2D eigenvalue weighted by molar-refractivity contribution is 6.01. The number of ether oxygens (including phenoxy) is 2. The fraction of sp³-hybridized carbons (Fsp3) is 0.429. The fourth-order valence-electron chi connectivity index (χ4n) is 1.80. The third kappa shape index (κ3) is 3.40. The lowest BCUT2D eigenvalue weighted by Gasteiger charge is -2.19. The zero-order valence-corrected chi connectivity index (χ0v) is 12.0. The minimum Gasteiger partial charge on any atom is -0.496 e. The molecule has 0 heterocycles. The average Bonchev–Trinajstić information content (AvgIpc) is 2.42. The second-order valence-electron chi connectivity index (χ2n) is 4.57. The highest BCUT2D eigenvalue weighted by Crippen LogP contribution is 2.28. The van der Waals surface area contributed by atoms with Crippen molar-refractivity contribution in [3.63, 3.8) is 0 Å². The average molecular weight is 281 g/mol. The standard InChI is InChI=1S/C14H19NO5/c1-8(2)12(14(17)18)15-13(16)11-9(19-3)6-5-7-10(11)20-4/h5-8,12H,1-4H3,(H,15,16)(H,17,18). The van der Waals surface area contributed by atoms with Gasteiger partial charge in [0.2, 0.25) is 0 Å².